The highest BCUT2D eigenvalue weighted by atomic mass is 35.5. The summed E-state index contributed by atoms with van der Waals surface area (Å²) in [7, 11) is 0. The fourth-order valence-electron chi connectivity index (χ4n) is 2.14. The lowest BCUT2D eigenvalue weighted by Gasteiger charge is -2.26. The molecule has 1 heterocycles. The zero-order chi connectivity index (χ0) is 12.3. The van der Waals surface area contributed by atoms with Crippen molar-refractivity contribution in [2.75, 3.05) is 13.2 Å². The third kappa shape index (κ3) is 3.75. The smallest absolute Gasteiger partial charge is 0.0595 e. The maximum atomic E-state index is 6.45. The van der Waals surface area contributed by atoms with E-state index in [0.29, 0.717) is 16.0 Å². The molecule has 0 amide bonds. The number of ether oxygens (including phenoxy) is 1. The van der Waals surface area contributed by atoms with Gasteiger partial charge >= 0.3 is 0 Å². The van der Waals surface area contributed by atoms with Crippen LogP contribution in [0.15, 0.2) is 18.2 Å². The van der Waals surface area contributed by atoms with Gasteiger partial charge in [-0.25, -0.2) is 0 Å². The van der Waals surface area contributed by atoms with Gasteiger partial charge in [0.15, 0.2) is 0 Å². The van der Waals surface area contributed by atoms with E-state index in [1.165, 1.54) is 0 Å². The largest absolute Gasteiger partial charge is 0.381 e. The van der Waals surface area contributed by atoms with E-state index in [1.54, 1.807) is 0 Å². The predicted octanol–water partition coefficient (Wildman–Crippen LogP) is 4.57. The summed E-state index contributed by atoms with van der Waals surface area (Å²) < 4.78 is 5.34. The second-order valence-electron chi connectivity index (χ2n) is 4.42. The second kappa shape index (κ2) is 6.29. The van der Waals surface area contributed by atoms with Gasteiger partial charge in [0.2, 0.25) is 0 Å². The van der Waals surface area contributed by atoms with Crippen molar-refractivity contribution in [3.63, 3.8) is 0 Å². The average molecular weight is 294 g/mol. The van der Waals surface area contributed by atoms with E-state index >= 15 is 0 Å². The Labute approximate surface area is 117 Å². The van der Waals surface area contributed by atoms with Crippen molar-refractivity contribution in [3.05, 3.63) is 33.8 Å². The van der Waals surface area contributed by atoms with Crippen LogP contribution in [0.5, 0.6) is 0 Å². The Balaban J connectivity index is 1.96. The molecule has 1 saturated heterocycles. The topological polar surface area (TPSA) is 9.23 Å². The Morgan fingerprint density at radius 1 is 1.18 bits per heavy atom. The van der Waals surface area contributed by atoms with Crippen LogP contribution in [0, 0.1) is 5.92 Å². The summed E-state index contributed by atoms with van der Waals surface area (Å²) in [4.78, 5) is 0. The molecular weight excluding hydrogens is 279 g/mol. The average Bonchev–Trinajstić information content (AvgIpc) is 2.35. The van der Waals surface area contributed by atoms with Crippen LogP contribution in [0.4, 0.5) is 0 Å². The molecule has 0 bridgehead atoms. The number of alkyl halides is 1. The molecule has 4 heteroatoms. The van der Waals surface area contributed by atoms with Crippen LogP contribution >= 0.6 is 34.8 Å². The molecule has 1 fully saturated rings. The van der Waals surface area contributed by atoms with Crippen molar-refractivity contribution in [1.29, 1.82) is 0 Å². The van der Waals surface area contributed by atoms with Gasteiger partial charge in [0, 0.05) is 18.6 Å². The first-order chi connectivity index (χ1) is 8.16. The monoisotopic (exact) mass is 292 g/mol. The van der Waals surface area contributed by atoms with E-state index in [0.717, 1.165) is 38.0 Å². The maximum absolute atomic E-state index is 6.45. The lowest BCUT2D eigenvalue weighted by Crippen LogP contribution is -2.25. The SMILES string of the molecule is Clc1ccc(CC(Cl)C2CCOCC2)cc1Cl. The van der Waals surface area contributed by atoms with Crippen LogP contribution in [0.25, 0.3) is 0 Å². The molecule has 1 atom stereocenters. The van der Waals surface area contributed by atoms with Gasteiger partial charge in [-0.3, -0.25) is 0 Å². The van der Waals surface area contributed by atoms with Crippen LogP contribution in [-0.4, -0.2) is 18.6 Å². The Morgan fingerprint density at radius 3 is 2.53 bits per heavy atom. The molecule has 0 aromatic heterocycles. The lowest BCUT2D eigenvalue weighted by molar-refractivity contribution is 0.0651. The minimum Gasteiger partial charge on any atom is -0.381 e. The summed E-state index contributed by atoms with van der Waals surface area (Å²) in [6.07, 6.45) is 2.94. The van der Waals surface area contributed by atoms with Gasteiger partial charge < -0.3 is 4.74 Å². The van der Waals surface area contributed by atoms with Gasteiger partial charge in [0.25, 0.3) is 0 Å². The standard InChI is InChI=1S/C13H15Cl3O/c14-11-2-1-9(8-13(11)16)7-12(15)10-3-5-17-6-4-10/h1-2,8,10,12H,3-7H2. The van der Waals surface area contributed by atoms with Crippen molar-refractivity contribution in [3.8, 4) is 0 Å². The van der Waals surface area contributed by atoms with E-state index < -0.39 is 0 Å². The van der Waals surface area contributed by atoms with Crippen molar-refractivity contribution in [2.45, 2.75) is 24.6 Å². The molecule has 0 aliphatic carbocycles. The van der Waals surface area contributed by atoms with Gasteiger partial charge in [0.1, 0.15) is 0 Å². The highest BCUT2D eigenvalue weighted by molar-refractivity contribution is 6.42. The van der Waals surface area contributed by atoms with E-state index in [2.05, 4.69) is 0 Å². The maximum Gasteiger partial charge on any atom is 0.0595 e. The molecule has 0 N–H and O–H groups in total. The minimum absolute atomic E-state index is 0.149. The molecule has 1 aromatic rings. The second-order valence-corrected chi connectivity index (χ2v) is 5.79. The summed E-state index contributed by atoms with van der Waals surface area (Å²) in [5.74, 6) is 0.542. The fourth-order valence-corrected chi connectivity index (χ4v) is 2.89. The molecular formula is C13H15Cl3O. The van der Waals surface area contributed by atoms with Crippen LogP contribution in [0.1, 0.15) is 18.4 Å². The van der Waals surface area contributed by atoms with Crippen molar-refractivity contribution in [1.82, 2.24) is 0 Å². The van der Waals surface area contributed by atoms with E-state index in [-0.39, 0.29) is 5.38 Å². The zero-order valence-electron chi connectivity index (χ0n) is 9.46. The Bertz CT molecular complexity index is 375. The number of hydrogen-bond acceptors (Lipinski definition) is 1. The molecule has 1 aliphatic heterocycles. The van der Waals surface area contributed by atoms with E-state index in [9.17, 15) is 0 Å². The summed E-state index contributed by atoms with van der Waals surface area (Å²) in [6, 6.07) is 5.72. The molecule has 2 rings (SSSR count). The zero-order valence-corrected chi connectivity index (χ0v) is 11.7. The van der Waals surface area contributed by atoms with Crippen molar-refractivity contribution >= 4 is 34.8 Å². The van der Waals surface area contributed by atoms with Gasteiger partial charge in [-0.05, 0) is 42.9 Å². The molecule has 1 nitrogen and oxygen atoms in total. The van der Waals surface area contributed by atoms with Crippen molar-refractivity contribution in [2.24, 2.45) is 5.92 Å². The van der Waals surface area contributed by atoms with Crippen LogP contribution < -0.4 is 0 Å². The number of rotatable bonds is 3. The quantitative estimate of drug-likeness (QED) is 0.742. The first kappa shape index (κ1) is 13.5. The minimum atomic E-state index is 0.149. The van der Waals surface area contributed by atoms with Crippen molar-refractivity contribution < 1.29 is 4.74 Å². The summed E-state index contributed by atoms with van der Waals surface area (Å²) in [5, 5.41) is 1.34. The van der Waals surface area contributed by atoms with Crippen LogP contribution in [0.3, 0.4) is 0 Å². The van der Waals surface area contributed by atoms with Gasteiger partial charge in [-0.2, -0.15) is 0 Å². The highest BCUT2D eigenvalue weighted by Gasteiger charge is 2.22. The molecule has 0 spiro atoms. The molecule has 1 unspecified atom stereocenters. The van der Waals surface area contributed by atoms with Crippen LogP contribution in [-0.2, 0) is 11.2 Å². The molecule has 1 aromatic carbocycles. The fraction of sp³-hybridized carbons (Fsp3) is 0.538. The summed E-state index contributed by atoms with van der Waals surface area (Å²) in [6.45, 7) is 1.66. The normalized spacial score (nSPS) is 19.2. The first-order valence-electron chi connectivity index (χ1n) is 5.82. The third-order valence-corrected chi connectivity index (χ3v) is 4.44. The predicted molar refractivity (Wildman–Crippen MR) is 73.4 cm³/mol. The van der Waals surface area contributed by atoms with E-state index in [4.69, 9.17) is 39.5 Å². The lowest BCUT2D eigenvalue weighted by atomic mass is 9.92. The Kier molecular flexibility index (Phi) is 4.98. The van der Waals surface area contributed by atoms with Gasteiger partial charge in [-0.1, -0.05) is 29.3 Å². The Hall–Kier alpha value is 0.0500. The molecule has 0 saturated carbocycles. The number of benzene rings is 1. The molecule has 94 valence electrons. The third-order valence-electron chi connectivity index (χ3n) is 3.19. The number of hydrogen-bond donors (Lipinski definition) is 0. The molecule has 1 aliphatic rings. The summed E-state index contributed by atoms with van der Waals surface area (Å²) >= 11 is 18.3. The number of halogens is 3. The molecule has 0 radical (unpaired) electrons. The molecule has 17 heavy (non-hydrogen) atoms. The van der Waals surface area contributed by atoms with Crippen LogP contribution in [0.2, 0.25) is 10.0 Å². The highest BCUT2D eigenvalue weighted by Crippen LogP contribution is 2.28. The van der Waals surface area contributed by atoms with Gasteiger partial charge in [-0.15, -0.1) is 11.6 Å². The Morgan fingerprint density at radius 2 is 1.88 bits per heavy atom. The first-order valence-corrected chi connectivity index (χ1v) is 7.02. The van der Waals surface area contributed by atoms with E-state index in [1.807, 2.05) is 18.2 Å². The summed E-state index contributed by atoms with van der Waals surface area (Å²) in [5.41, 5.74) is 1.14. The van der Waals surface area contributed by atoms with Gasteiger partial charge in [0.05, 0.1) is 10.0 Å².